The lowest BCUT2D eigenvalue weighted by molar-refractivity contribution is -0.135. The van der Waals surface area contributed by atoms with Crippen LogP contribution in [-0.2, 0) is 18.7 Å². The van der Waals surface area contributed by atoms with Gasteiger partial charge < -0.3 is 15.3 Å². The lowest BCUT2D eigenvalue weighted by atomic mass is 10.2. The van der Waals surface area contributed by atoms with E-state index in [1.165, 1.54) is 0 Å². The summed E-state index contributed by atoms with van der Waals surface area (Å²) in [6.45, 7) is 0. The van der Waals surface area contributed by atoms with Gasteiger partial charge in [0, 0.05) is 6.08 Å². The van der Waals surface area contributed by atoms with Crippen LogP contribution in [0.3, 0.4) is 0 Å². The van der Waals surface area contributed by atoms with Crippen LogP contribution in [0, 0.1) is 0 Å². The Balaban J connectivity index is 5.04. The number of carbonyl (C=O) groups is 2. The molecule has 8 heteroatoms. The van der Waals surface area contributed by atoms with Crippen molar-refractivity contribution in [2.75, 3.05) is 0 Å². The fourth-order valence-electron chi connectivity index (χ4n) is 0.493. The van der Waals surface area contributed by atoms with Crippen molar-refractivity contribution in [1.82, 2.24) is 0 Å². The van der Waals surface area contributed by atoms with Gasteiger partial charge in [0.15, 0.2) is 5.85 Å². The summed E-state index contributed by atoms with van der Waals surface area (Å²) in [5.74, 6) is -5.74. The van der Waals surface area contributed by atoms with Crippen molar-refractivity contribution < 1.29 is 34.0 Å². The fourth-order valence-corrected chi connectivity index (χ4v) is 0.905. The molecule has 1 atom stereocenters. The van der Waals surface area contributed by atoms with E-state index in [0.29, 0.717) is 0 Å². The summed E-state index contributed by atoms with van der Waals surface area (Å²) in [5.41, 5.74) is -1.09. The van der Waals surface area contributed by atoms with Crippen LogP contribution in [0.5, 0.6) is 0 Å². The van der Waals surface area contributed by atoms with Crippen LogP contribution < -0.4 is 0 Å². The molecule has 72 valence electrons. The van der Waals surface area contributed by atoms with Gasteiger partial charge in [-0.2, -0.15) is 0 Å². The molecule has 0 aromatic rings. The van der Waals surface area contributed by atoms with E-state index in [1.807, 2.05) is 0 Å². The molecule has 7 nitrogen and oxygen atoms in total. The maximum Gasteiger partial charge on any atom is 0.349 e. The fraction of sp³-hybridized carbons (Fsp3) is 0.200. The van der Waals surface area contributed by atoms with Crippen LogP contribution in [0.1, 0.15) is 0 Å². The van der Waals surface area contributed by atoms with Gasteiger partial charge >= 0.3 is 19.6 Å². The first-order chi connectivity index (χ1) is 5.86. The molecule has 0 aliphatic heterocycles. The minimum absolute atomic E-state index is 0.123. The molecule has 0 saturated heterocycles. The normalized spacial score (nSPS) is 13.5. The molecule has 0 aromatic carbocycles. The number of carboxylic acid groups (broad SMARTS) is 2. The number of aliphatic hydroxyl groups excluding tert-OH is 1. The number of rotatable bonds is 4. The third kappa shape index (κ3) is 3.64. The Hall–Kier alpha value is -1.46. The number of carboxylic acids is 2. The van der Waals surface area contributed by atoms with Crippen molar-refractivity contribution in [2.24, 2.45) is 0 Å². The van der Waals surface area contributed by atoms with Crippen LogP contribution in [0.25, 0.3) is 0 Å². The third-order valence-corrected chi connectivity index (χ3v) is 1.68. The van der Waals surface area contributed by atoms with Gasteiger partial charge in [-0.1, -0.05) is 0 Å². The maximum absolute atomic E-state index is 10.2. The monoisotopic (exact) mass is 208 g/mol. The summed E-state index contributed by atoms with van der Waals surface area (Å²) < 4.78 is 20.2. The first kappa shape index (κ1) is 11.5. The Bertz CT molecular complexity index is 318. The topological polar surface area (TPSA) is 129 Å². The van der Waals surface area contributed by atoms with Gasteiger partial charge in [0.05, 0.1) is 5.57 Å². The van der Waals surface area contributed by atoms with Gasteiger partial charge in [0.2, 0.25) is 0 Å². The van der Waals surface area contributed by atoms with E-state index in [-0.39, 0.29) is 6.08 Å². The molecule has 1 unspecified atom stereocenters. The zero-order chi connectivity index (χ0) is 10.6. The van der Waals surface area contributed by atoms with Gasteiger partial charge in [0.1, 0.15) is 0 Å². The van der Waals surface area contributed by atoms with Crippen molar-refractivity contribution in [3.63, 3.8) is 0 Å². The van der Waals surface area contributed by atoms with E-state index in [0.717, 1.165) is 0 Å². The lowest BCUT2D eigenvalue weighted by Crippen LogP contribution is -2.14. The van der Waals surface area contributed by atoms with Gasteiger partial charge in [-0.3, -0.25) is 0 Å². The summed E-state index contributed by atoms with van der Waals surface area (Å²) in [7, 11) is -3.42. The first-order valence-corrected chi connectivity index (χ1v) is 4.10. The Morgan fingerprint density at radius 3 is 1.92 bits per heavy atom. The molecule has 0 rings (SSSR count). The van der Waals surface area contributed by atoms with E-state index < -0.39 is 31.0 Å². The summed E-state index contributed by atoms with van der Waals surface area (Å²) in [5, 5.41) is 25.1. The van der Waals surface area contributed by atoms with Crippen molar-refractivity contribution in [2.45, 2.75) is 5.85 Å². The quantitative estimate of drug-likeness (QED) is 0.422. The van der Waals surface area contributed by atoms with Crippen LogP contribution in [0.15, 0.2) is 11.6 Å². The van der Waals surface area contributed by atoms with Gasteiger partial charge in [-0.15, -0.1) is 0 Å². The molecule has 0 aliphatic carbocycles. The summed E-state index contributed by atoms with van der Waals surface area (Å²) >= 11 is 0. The number of hydrogen-bond donors (Lipinski definition) is 3. The second kappa shape index (κ2) is 4.54. The minimum atomic E-state index is -3.42. The molecule has 0 fully saturated rings. The van der Waals surface area contributed by atoms with Gasteiger partial charge in [0.25, 0.3) is 0 Å². The van der Waals surface area contributed by atoms with Gasteiger partial charge in [-0.05, 0) is 0 Å². The van der Waals surface area contributed by atoms with Crippen LogP contribution in [0.4, 0.5) is 0 Å². The summed E-state index contributed by atoms with van der Waals surface area (Å²) in [4.78, 5) is 20.2. The number of aliphatic carboxylic acids is 2. The highest BCUT2D eigenvalue weighted by molar-refractivity contribution is 7.31. The molecule has 0 amide bonds. The van der Waals surface area contributed by atoms with E-state index in [4.69, 9.17) is 15.3 Å². The van der Waals surface area contributed by atoms with Gasteiger partial charge in [-0.25, -0.2) is 18.7 Å². The zero-order valence-electron chi connectivity index (χ0n) is 6.08. The summed E-state index contributed by atoms with van der Waals surface area (Å²) in [6, 6.07) is 0. The molecular formula is C5H5O7P. The van der Waals surface area contributed by atoms with Crippen molar-refractivity contribution in [1.29, 1.82) is 0 Å². The predicted octanol–water partition coefficient (Wildman–Crippen LogP) is -0.427. The standard InChI is InChI=1S/C5H5O7P/c6-3(7)1-2(4(8)9)5(10)13(11)12/h1,5,10H,(H,6,7)(H,8,9)/b2-1+. The SMILES string of the molecule is O=C(O)/C=C(\C(=O)O)C(O)P(=O)=O. The maximum atomic E-state index is 10.2. The summed E-state index contributed by atoms with van der Waals surface area (Å²) in [6.07, 6.45) is 0.123. The molecular weight excluding hydrogens is 203 g/mol. The van der Waals surface area contributed by atoms with Crippen LogP contribution in [0.2, 0.25) is 0 Å². The molecule has 0 heterocycles. The molecule has 0 saturated carbocycles. The first-order valence-electron chi connectivity index (χ1n) is 2.85. The Kier molecular flexibility index (Phi) is 4.03. The smallest absolute Gasteiger partial charge is 0.349 e. The Labute approximate surface area is 72.1 Å². The minimum Gasteiger partial charge on any atom is -0.478 e. The second-order valence-corrected chi connectivity index (χ2v) is 2.96. The van der Waals surface area contributed by atoms with E-state index in [1.54, 1.807) is 0 Å². The van der Waals surface area contributed by atoms with Crippen LogP contribution >= 0.6 is 7.68 Å². The molecule has 0 aromatic heterocycles. The average molecular weight is 208 g/mol. The van der Waals surface area contributed by atoms with Crippen molar-refractivity contribution >= 4 is 19.6 Å². The predicted molar refractivity (Wildman–Crippen MR) is 37.7 cm³/mol. The van der Waals surface area contributed by atoms with E-state index in [9.17, 15) is 18.7 Å². The highest BCUT2D eigenvalue weighted by Gasteiger charge is 2.23. The average Bonchev–Trinajstić information content (AvgIpc) is 1.97. The highest BCUT2D eigenvalue weighted by Crippen LogP contribution is 2.19. The Morgan fingerprint density at radius 1 is 1.23 bits per heavy atom. The number of aliphatic hydroxyl groups is 1. The van der Waals surface area contributed by atoms with E-state index in [2.05, 4.69) is 0 Å². The largest absolute Gasteiger partial charge is 0.478 e. The molecule has 13 heavy (non-hydrogen) atoms. The van der Waals surface area contributed by atoms with Crippen molar-refractivity contribution in [3.8, 4) is 0 Å². The third-order valence-electron chi connectivity index (χ3n) is 1.00. The molecule has 0 radical (unpaired) electrons. The molecule has 0 aliphatic rings. The Morgan fingerprint density at radius 2 is 1.69 bits per heavy atom. The lowest BCUT2D eigenvalue weighted by Gasteiger charge is -2.00. The molecule has 0 bridgehead atoms. The van der Waals surface area contributed by atoms with Crippen LogP contribution in [-0.4, -0.2) is 33.1 Å². The second-order valence-electron chi connectivity index (χ2n) is 1.90. The number of hydrogen-bond acceptors (Lipinski definition) is 5. The zero-order valence-corrected chi connectivity index (χ0v) is 6.97. The molecule has 0 spiro atoms. The molecule has 3 N–H and O–H groups in total. The van der Waals surface area contributed by atoms with E-state index >= 15 is 0 Å². The highest BCUT2D eigenvalue weighted by atomic mass is 31.1. The van der Waals surface area contributed by atoms with Crippen molar-refractivity contribution in [3.05, 3.63) is 11.6 Å².